The minimum Gasteiger partial charge on any atom is -0.357 e. The van der Waals surface area contributed by atoms with Crippen LogP contribution in [0.3, 0.4) is 0 Å². The fraction of sp³-hybridized carbons (Fsp3) is 0.342. The van der Waals surface area contributed by atoms with E-state index in [4.69, 9.17) is 0 Å². The van der Waals surface area contributed by atoms with Gasteiger partial charge in [0.1, 0.15) is 18.2 Å². The van der Waals surface area contributed by atoms with Gasteiger partial charge >= 0.3 is 0 Å². The van der Waals surface area contributed by atoms with Crippen LogP contribution in [-0.2, 0) is 40.3 Å². The summed E-state index contributed by atoms with van der Waals surface area (Å²) in [5.41, 5.74) is 4.28. The minimum absolute atomic E-state index is 0.0201. The molecule has 1 aliphatic carbocycles. The van der Waals surface area contributed by atoms with E-state index in [1.807, 2.05) is 80.7 Å². The molecule has 10 heteroatoms. The van der Waals surface area contributed by atoms with E-state index in [0.717, 1.165) is 28.1 Å². The molecule has 3 heterocycles. The maximum absolute atomic E-state index is 14.4. The summed E-state index contributed by atoms with van der Waals surface area (Å²) in [4.78, 5) is 53.5. The van der Waals surface area contributed by atoms with E-state index in [0.29, 0.717) is 63.4 Å². The zero-order chi connectivity index (χ0) is 33.5. The topological polar surface area (TPSA) is 120 Å². The lowest BCUT2D eigenvalue weighted by molar-refractivity contribution is -0.145. The largest absolute Gasteiger partial charge is 0.357 e. The van der Waals surface area contributed by atoms with Crippen molar-refractivity contribution in [3.63, 3.8) is 0 Å². The summed E-state index contributed by atoms with van der Waals surface area (Å²) in [7, 11) is 1.90. The van der Waals surface area contributed by atoms with Gasteiger partial charge in [0.2, 0.25) is 17.7 Å². The zero-order valence-corrected chi connectivity index (χ0v) is 27.6. The smallest absolute Gasteiger partial charge is 0.244 e. The third-order valence-corrected chi connectivity index (χ3v) is 9.53. The highest BCUT2D eigenvalue weighted by Gasteiger charge is 2.40. The van der Waals surface area contributed by atoms with Gasteiger partial charge in [0, 0.05) is 55.6 Å². The van der Waals surface area contributed by atoms with Gasteiger partial charge in [-0.1, -0.05) is 49.4 Å². The molecule has 0 saturated carbocycles. The number of nitrogens with one attached hydrogen (secondary N) is 3. The van der Waals surface area contributed by atoms with Crippen molar-refractivity contribution in [3.8, 4) is 0 Å². The molecule has 0 unspecified atom stereocenters. The molecule has 6 rings (SSSR count). The molecule has 3 amide bonds. The molecule has 10 nitrogen and oxygen atoms in total. The first-order chi connectivity index (χ1) is 23.3. The molecule has 2 aliphatic rings. The van der Waals surface area contributed by atoms with E-state index in [1.54, 1.807) is 23.4 Å². The van der Waals surface area contributed by atoms with Gasteiger partial charge in [-0.15, -0.1) is 0 Å². The first-order valence-corrected chi connectivity index (χ1v) is 16.6. The van der Waals surface area contributed by atoms with Crippen molar-refractivity contribution < 1.29 is 14.4 Å². The van der Waals surface area contributed by atoms with Crippen molar-refractivity contribution >= 4 is 35.0 Å². The number of rotatable bonds is 11. The highest BCUT2D eigenvalue weighted by Crippen LogP contribution is 2.35. The number of aromatic nitrogens is 2. The van der Waals surface area contributed by atoms with E-state index in [2.05, 4.69) is 36.9 Å². The van der Waals surface area contributed by atoms with Gasteiger partial charge in [0.25, 0.3) is 0 Å². The summed E-state index contributed by atoms with van der Waals surface area (Å²) in [6.07, 6.45) is 5.98. The Kier molecular flexibility index (Phi) is 10.1. The zero-order valence-electron chi connectivity index (χ0n) is 27.6. The lowest BCUT2D eigenvalue weighted by atomic mass is 9.78. The molecule has 3 N–H and O–H groups in total. The van der Waals surface area contributed by atoms with Crippen molar-refractivity contribution in [2.45, 2.75) is 45.7 Å². The molecule has 1 aliphatic heterocycles. The van der Waals surface area contributed by atoms with Gasteiger partial charge in [0.05, 0.1) is 0 Å². The predicted molar refractivity (Wildman–Crippen MR) is 187 cm³/mol. The molecular weight excluding hydrogens is 602 g/mol. The summed E-state index contributed by atoms with van der Waals surface area (Å²) in [5.74, 6) is 0.899. The fourth-order valence-electron chi connectivity index (χ4n) is 6.77. The molecule has 2 aromatic carbocycles. The van der Waals surface area contributed by atoms with E-state index in [1.165, 1.54) is 0 Å². The lowest BCUT2D eigenvalue weighted by Gasteiger charge is -2.41. The van der Waals surface area contributed by atoms with Crippen LogP contribution >= 0.6 is 0 Å². The molecule has 248 valence electrons. The Balaban J connectivity index is 1.14. The van der Waals surface area contributed by atoms with Gasteiger partial charge in [0.15, 0.2) is 0 Å². The van der Waals surface area contributed by atoms with Crippen LogP contribution in [0.25, 0.3) is 0 Å². The Morgan fingerprint density at radius 3 is 2.27 bits per heavy atom. The Morgan fingerprint density at radius 1 is 0.854 bits per heavy atom. The number of amides is 3. The Bertz CT molecular complexity index is 1740. The quantitative estimate of drug-likeness (QED) is 0.214. The molecule has 4 aromatic rings. The van der Waals surface area contributed by atoms with E-state index < -0.39 is 5.41 Å². The SMILES string of the molecule is CNCc1ccccc1CN(CC(=O)Nc1ccc2c(c1)C[C@H](C(=O)Nc1ccccn1)C2)C(=O)C1(C)CCN(c2ccccn2)CC1. The van der Waals surface area contributed by atoms with Crippen molar-refractivity contribution in [1.82, 2.24) is 20.2 Å². The number of pyridine rings is 2. The van der Waals surface area contributed by atoms with Crippen LogP contribution in [-0.4, -0.2) is 59.3 Å². The number of hydrogen-bond donors (Lipinski definition) is 3. The summed E-state index contributed by atoms with van der Waals surface area (Å²) in [5, 5.41) is 9.15. The molecule has 2 aromatic heterocycles. The predicted octanol–water partition coefficient (Wildman–Crippen LogP) is 4.82. The monoisotopic (exact) mass is 645 g/mol. The van der Waals surface area contributed by atoms with Crippen molar-refractivity contribution in [2.24, 2.45) is 11.3 Å². The highest BCUT2D eigenvalue weighted by atomic mass is 16.2. The van der Waals surface area contributed by atoms with Crippen LogP contribution in [0.15, 0.2) is 91.3 Å². The van der Waals surface area contributed by atoms with Crippen LogP contribution in [0.1, 0.15) is 42.0 Å². The summed E-state index contributed by atoms with van der Waals surface area (Å²) in [6.45, 7) is 4.38. The third kappa shape index (κ3) is 7.71. The van der Waals surface area contributed by atoms with E-state index >= 15 is 0 Å². The van der Waals surface area contributed by atoms with Crippen LogP contribution in [0, 0.1) is 11.3 Å². The van der Waals surface area contributed by atoms with Gasteiger partial charge in [-0.2, -0.15) is 0 Å². The number of hydrogen-bond acceptors (Lipinski definition) is 7. The van der Waals surface area contributed by atoms with E-state index in [9.17, 15) is 14.4 Å². The van der Waals surface area contributed by atoms with Crippen molar-refractivity contribution in [2.75, 3.05) is 42.2 Å². The number of fused-ring (bicyclic) bond motifs is 1. The number of carbonyl (C=O) groups excluding carboxylic acids is 3. The van der Waals surface area contributed by atoms with Gasteiger partial charge in [-0.05, 0) is 91.4 Å². The first-order valence-electron chi connectivity index (χ1n) is 16.6. The first kappa shape index (κ1) is 32.8. The standard InChI is InChI=1S/C38H43N7O3/c1-38(15-19-44(20-16-38)34-12-6-8-18-41-34)37(48)45(25-29-10-4-3-9-28(29)24-39-2)26-35(46)42-32-14-13-27-21-31(22-30(27)23-32)36(47)43-33-11-5-7-17-40-33/h3-14,17-18,23,31,39H,15-16,19-22,24-26H2,1-2H3,(H,42,46)(H,40,43,47)/t31-/m1/s1. The average molecular weight is 646 g/mol. The second-order valence-corrected chi connectivity index (χ2v) is 13.0. The fourth-order valence-corrected chi connectivity index (χ4v) is 6.77. The second-order valence-electron chi connectivity index (χ2n) is 13.0. The molecular formula is C38H43N7O3. The molecule has 0 radical (unpaired) electrons. The lowest BCUT2D eigenvalue weighted by Crippen LogP contribution is -2.50. The average Bonchev–Trinajstić information content (AvgIpc) is 3.54. The third-order valence-electron chi connectivity index (χ3n) is 9.53. The van der Waals surface area contributed by atoms with Crippen LogP contribution in [0.2, 0.25) is 0 Å². The number of nitrogens with zero attached hydrogens (tertiary/aromatic N) is 4. The molecule has 0 bridgehead atoms. The van der Waals surface area contributed by atoms with Crippen LogP contribution in [0.5, 0.6) is 0 Å². The van der Waals surface area contributed by atoms with Gasteiger partial charge in [-0.3, -0.25) is 14.4 Å². The Labute approximate surface area is 282 Å². The highest BCUT2D eigenvalue weighted by molar-refractivity contribution is 5.96. The van der Waals surface area contributed by atoms with Gasteiger partial charge < -0.3 is 25.8 Å². The second kappa shape index (κ2) is 14.8. The number of benzene rings is 2. The maximum atomic E-state index is 14.4. The normalized spacial score (nSPS) is 16.5. The van der Waals surface area contributed by atoms with Crippen molar-refractivity contribution in [3.05, 3.63) is 114 Å². The number of carbonyl (C=O) groups is 3. The molecule has 1 atom stereocenters. The Hall–Kier alpha value is -5.09. The molecule has 48 heavy (non-hydrogen) atoms. The maximum Gasteiger partial charge on any atom is 0.244 e. The van der Waals surface area contributed by atoms with E-state index in [-0.39, 0.29) is 30.2 Å². The van der Waals surface area contributed by atoms with Gasteiger partial charge in [-0.25, -0.2) is 9.97 Å². The molecule has 1 saturated heterocycles. The summed E-state index contributed by atoms with van der Waals surface area (Å²) < 4.78 is 0. The van der Waals surface area contributed by atoms with Crippen LogP contribution < -0.4 is 20.9 Å². The minimum atomic E-state index is -0.609. The van der Waals surface area contributed by atoms with Crippen LogP contribution in [0.4, 0.5) is 17.3 Å². The Morgan fingerprint density at radius 2 is 1.56 bits per heavy atom. The summed E-state index contributed by atoms with van der Waals surface area (Å²) >= 11 is 0. The summed E-state index contributed by atoms with van der Waals surface area (Å²) in [6, 6.07) is 25.1. The molecule has 0 spiro atoms. The molecule has 1 fully saturated rings. The number of anilines is 3. The van der Waals surface area contributed by atoms with Crippen molar-refractivity contribution in [1.29, 1.82) is 0 Å². The number of piperidine rings is 1.